The lowest BCUT2D eigenvalue weighted by atomic mass is 10.1. The summed E-state index contributed by atoms with van der Waals surface area (Å²) in [5.41, 5.74) is 7.67. The molecule has 0 radical (unpaired) electrons. The Kier molecular flexibility index (Phi) is 3.10. The summed E-state index contributed by atoms with van der Waals surface area (Å²) in [6, 6.07) is 5.76. The van der Waals surface area contributed by atoms with Crippen LogP contribution in [0.4, 0.5) is 0 Å². The molecule has 0 unspecified atom stereocenters. The number of nitrogens with zero attached hydrogens (tertiary/aromatic N) is 3. The molecule has 2 N–H and O–H groups in total. The summed E-state index contributed by atoms with van der Waals surface area (Å²) < 4.78 is 7.01. The molecule has 1 aromatic heterocycles. The summed E-state index contributed by atoms with van der Waals surface area (Å²) in [6.07, 6.45) is 0. The minimum atomic E-state index is 0.456. The van der Waals surface area contributed by atoms with Gasteiger partial charge in [-0.3, -0.25) is 0 Å². The van der Waals surface area contributed by atoms with Crippen molar-refractivity contribution in [2.24, 2.45) is 5.73 Å². The molecule has 90 valence electrons. The molecule has 0 fully saturated rings. The molecule has 1 heterocycles. The average Bonchev–Trinajstić information content (AvgIpc) is 2.67. The van der Waals surface area contributed by atoms with Gasteiger partial charge in [-0.1, -0.05) is 6.07 Å². The van der Waals surface area contributed by atoms with Gasteiger partial charge in [0, 0.05) is 12.6 Å². The number of ether oxygens (including phenoxy) is 1. The van der Waals surface area contributed by atoms with Crippen LogP contribution in [0.2, 0.25) is 0 Å². The van der Waals surface area contributed by atoms with E-state index in [4.69, 9.17) is 10.5 Å². The maximum Gasteiger partial charge on any atom is 0.148 e. The highest BCUT2D eigenvalue weighted by molar-refractivity contribution is 5.46. The van der Waals surface area contributed by atoms with Crippen LogP contribution in [0.15, 0.2) is 18.2 Å². The standard InChI is InChI=1S/C12H16N4O/c1-8-14-9(2)16(15-8)12-6-11(17-3)5-4-10(12)7-13/h4-6H,7,13H2,1-3H3. The van der Waals surface area contributed by atoms with E-state index in [1.807, 2.05) is 32.0 Å². The van der Waals surface area contributed by atoms with Crippen LogP contribution in [-0.4, -0.2) is 21.9 Å². The van der Waals surface area contributed by atoms with Gasteiger partial charge >= 0.3 is 0 Å². The second-order valence-corrected chi connectivity index (χ2v) is 3.82. The first-order chi connectivity index (χ1) is 8.15. The summed E-state index contributed by atoms with van der Waals surface area (Å²) in [7, 11) is 1.64. The summed E-state index contributed by atoms with van der Waals surface area (Å²) in [6.45, 7) is 4.24. The zero-order valence-electron chi connectivity index (χ0n) is 10.3. The minimum absolute atomic E-state index is 0.456. The molecule has 0 aliphatic carbocycles. The summed E-state index contributed by atoms with van der Waals surface area (Å²) >= 11 is 0. The lowest BCUT2D eigenvalue weighted by Gasteiger charge is -2.10. The van der Waals surface area contributed by atoms with Crippen LogP contribution < -0.4 is 10.5 Å². The van der Waals surface area contributed by atoms with E-state index in [-0.39, 0.29) is 0 Å². The highest BCUT2D eigenvalue weighted by Crippen LogP contribution is 2.21. The van der Waals surface area contributed by atoms with Gasteiger partial charge in [0.15, 0.2) is 0 Å². The van der Waals surface area contributed by atoms with Crippen molar-refractivity contribution >= 4 is 0 Å². The van der Waals surface area contributed by atoms with Gasteiger partial charge in [-0.15, -0.1) is 0 Å². The summed E-state index contributed by atoms with van der Waals surface area (Å²) in [4.78, 5) is 4.29. The van der Waals surface area contributed by atoms with E-state index in [1.165, 1.54) is 0 Å². The Morgan fingerprint density at radius 2 is 2.12 bits per heavy atom. The van der Waals surface area contributed by atoms with Crippen molar-refractivity contribution in [3.8, 4) is 11.4 Å². The van der Waals surface area contributed by atoms with Crippen molar-refractivity contribution in [2.45, 2.75) is 20.4 Å². The Labute approximate surface area is 100 Å². The van der Waals surface area contributed by atoms with Crippen molar-refractivity contribution in [2.75, 3.05) is 7.11 Å². The van der Waals surface area contributed by atoms with Gasteiger partial charge in [-0.05, 0) is 25.5 Å². The van der Waals surface area contributed by atoms with Gasteiger partial charge < -0.3 is 10.5 Å². The molecule has 5 nitrogen and oxygen atoms in total. The first kappa shape index (κ1) is 11.6. The van der Waals surface area contributed by atoms with Crippen LogP contribution in [0.1, 0.15) is 17.2 Å². The number of hydrogen-bond acceptors (Lipinski definition) is 4. The molecule has 0 amide bonds. The number of rotatable bonds is 3. The smallest absolute Gasteiger partial charge is 0.148 e. The van der Waals surface area contributed by atoms with Crippen molar-refractivity contribution < 1.29 is 4.74 Å². The van der Waals surface area contributed by atoms with E-state index in [0.717, 1.165) is 28.6 Å². The summed E-state index contributed by atoms with van der Waals surface area (Å²) in [5, 5.41) is 4.36. The first-order valence-corrected chi connectivity index (χ1v) is 5.43. The van der Waals surface area contributed by atoms with Gasteiger partial charge in [0.05, 0.1) is 12.8 Å². The van der Waals surface area contributed by atoms with Crippen LogP contribution in [0, 0.1) is 13.8 Å². The zero-order chi connectivity index (χ0) is 12.4. The molecule has 0 saturated heterocycles. The molecule has 0 bridgehead atoms. The van der Waals surface area contributed by atoms with Crippen molar-refractivity contribution in [1.29, 1.82) is 0 Å². The SMILES string of the molecule is COc1ccc(CN)c(-n2nc(C)nc2C)c1. The van der Waals surface area contributed by atoms with Gasteiger partial charge in [0.1, 0.15) is 17.4 Å². The predicted molar refractivity (Wildman–Crippen MR) is 65.3 cm³/mol. The lowest BCUT2D eigenvalue weighted by Crippen LogP contribution is -2.07. The number of benzene rings is 1. The largest absolute Gasteiger partial charge is 0.497 e. The predicted octanol–water partition coefficient (Wildman–Crippen LogP) is 1.35. The van der Waals surface area contributed by atoms with E-state index in [0.29, 0.717) is 6.54 Å². The average molecular weight is 232 g/mol. The molecule has 17 heavy (non-hydrogen) atoms. The molecular formula is C12H16N4O. The zero-order valence-corrected chi connectivity index (χ0v) is 10.3. The highest BCUT2D eigenvalue weighted by Gasteiger charge is 2.10. The van der Waals surface area contributed by atoms with Crippen LogP contribution in [0.5, 0.6) is 5.75 Å². The molecule has 0 spiro atoms. The van der Waals surface area contributed by atoms with Crippen LogP contribution in [0.25, 0.3) is 5.69 Å². The number of methoxy groups -OCH3 is 1. The summed E-state index contributed by atoms with van der Waals surface area (Å²) in [5.74, 6) is 2.36. The molecule has 0 atom stereocenters. The van der Waals surface area contributed by atoms with Gasteiger partial charge in [0.25, 0.3) is 0 Å². The van der Waals surface area contributed by atoms with Crippen molar-refractivity contribution in [3.63, 3.8) is 0 Å². The first-order valence-electron chi connectivity index (χ1n) is 5.43. The Hall–Kier alpha value is -1.88. The molecule has 0 aliphatic heterocycles. The number of hydrogen-bond donors (Lipinski definition) is 1. The fourth-order valence-electron chi connectivity index (χ4n) is 1.79. The van der Waals surface area contributed by atoms with E-state index in [1.54, 1.807) is 11.8 Å². The third-order valence-corrected chi connectivity index (χ3v) is 2.62. The minimum Gasteiger partial charge on any atom is -0.497 e. The second kappa shape index (κ2) is 4.55. The van der Waals surface area contributed by atoms with Gasteiger partial charge in [0.2, 0.25) is 0 Å². The molecule has 0 aliphatic rings. The fraction of sp³-hybridized carbons (Fsp3) is 0.333. The normalized spacial score (nSPS) is 10.6. The highest BCUT2D eigenvalue weighted by atomic mass is 16.5. The Balaban J connectivity index is 2.59. The van der Waals surface area contributed by atoms with Crippen LogP contribution in [0.3, 0.4) is 0 Å². The van der Waals surface area contributed by atoms with Gasteiger partial charge in [-0.2, -0.15) is 5.10 Å². The maximum atomic E-state index is 5.73. The van der Waals surface area contributed by atoms with Crippen LogP contribution >= 0.6 is 0 Å². The molecular weight excluding hydrogens is 216 g/mol. The molecule has 1 aromatic carbocycles. The fourth-order valence-corrected chi connectivity index (χ4v) is 1.79. The number of nitrogens with two attached hydrogens (primary N) is 1. The second-order valence-electron chi connectivity index (χ2n) is 3.82. The van der Waals surface area contributed by atoms with Gasteiger partial charge in [-0.25, -0.2) is 9.67 Å². The van der Waals surface area contributed by atoms with E-state index in [2.05, 4.69) is 10.1 Å². The number of aromatic nitrogens is 3. The monoisotopic (exact) mass is 232 g/mol. The Bertz CT molecular complexity index is 533. The van der Waals surface area contributed by atoms with Crippen molar-refractivity contribution in [1.82, 2.24) is 14.8 Å². The molecule has 2 aromatic rings. The topological polar surface area (TPSA) is 66.0 Å². The Morgan fingerprint density at radius 1 is 1.35 bits per heavy atom. The van der Waals surface area contributed by atoms with Crippen molar-refractivity contribution in [3.05, 3.63) is 35.4 Å². The van der Waals surface area contributed by atoms with E-state index in [9.17, 15) is 0 Å². The Morgan fingerprint density at radius 3 is 2.65 bits per heavy atom. The van der Waals surface area contributed by atoms with Crippen LogP contribution in [-0.2, 0) is 6.54 Å². The molecule has 2 rings (SSSR count). The van der Waals surface area contributed by atoms with E-state index < -0.39 is 0 Å². The third-order valence-electron chi connectivity index (χ3n) is 2.62. The quantitative estimate of drug-likeness (QED) is 0.867. The number of aryl methyl sites for hydroxylation is 2. The van der Waals surface area contributed by atoms with E-state index >= 15 is 0 Å². The molecule has 5 heteroatoms. The maximum absolute atomic E-state index is 5.73. The lowest BCUT2D eigenvalue weighted by molar-refractivity contribution is 0.414. The third kappa shape index (κ3) is 2.14. The molecule has 0 saturated carbocycles.